The molecule has 0 saturated carbocycles. The van der Waals surface area contributed by atoms with Gasteiger partial charge in [0.25, 0.3) is 0 Å². The number of aryl methyl sites for hydroxylation is 1. The van der Waals surface area contributed by atoms with Crippen LogP contribution in [0.3, 0.4) is 0 Å². The van der Waals surface area contributed by atoms with Crippen LogP contribution in [-0.4, -0.2) is 23.6 Å². The zero-order valence-electron chi connectivity index (χ0n) is 12.9. The Bertz CT molecular complexity index is 485. The molecule has 1 N–H and O–H groups in total. The summed E-state index contributed by atoms with van der Waals surface area (Å²) in [5.41, 5.74) is 0.990. The highest BCUT2D eigenvalue weighted by Crippen LogP contribution is 2.27. The Kier molecular flexibility index (Phi) is 4.99. The van der Waals surface area contributed by atoms with Gasteiger partial charge in [-0.15, -0.1) is 0 Å². The van der Waals surface area contributed by atoms with Crippen LogP contribution in [0, 0.1) is 18.8 Å². The summed E-state index contributed by atoms with van der Waals surface area (Å²) in [5.74, 6) is 3.67. The highest BCUT2D eigenvalue weighted by atomic mass is 16.5. The third-order valence-electron chi connectivity index (χ3n) is 4.05. The maximum atomic E-state index is 6.01. The van der Waals surface area contributed by atoms with Gasteiger partial charge in [0.15, 0.2) is 0 Å². The number of rotatable bonds is 5. The van der Waals surface area contributed by atoms with E-state index in [0.29, 0.717) is 11.8 Å². The molecule has 1 aliphatic carbocycles. The van der Waals surface area contributed by atoms with E-state index in [0.717, 1.165) is 49.0 Å². The van der Waals surface area contributed by atoms with Crippen LogP contribution in [0.25, 0.3) is 0 Å². The van der Waals surface area contributed by atoms with E-state index in [1.807, 2.05) is 14.0 Å². The fourth-order valence-corrected chi connectivity index (χ4v) is 2.51. The van der Waals surface area contributed by atoms with Crippen molar-refractivity contribution >= 4 is 5.82 Å². The summed E-state index contributed by atoms with van der Waals surface area (Å²) < 4.78 is 6.01. The second-order valence-corrected chi connectivity index (χ2v) is 5.51. The highest BCUT2D eigenvalue weighted by molar-refractivity contribution is 5.48. The van der Waals surface area contributed by atoms with Crippen molar-refractivity contribution < 1.29 is 4.74 Å². The normalized spacial score (nSPS) is 21.8. The Morgan fingerprint density at radius 3 is 2.70 bits per heavy atom. The van der Waals surface area contributed by atoms with E-state index < -0.39 is 0 Å². The molecule has 2 unspecified atom stereocenters. The molecule has 0 bridgehead atoms. The van der Waals surface area contributed by atoms with Crippen molar-refractivity contribution in [3.05, 3.63) is 23.5 Å². The van der Waals surface area contributed by atoms with Crippen LogP contribution in [0.2, 0.25) is 0 Å². The zero-order valence-corrected chi connectivity index (χ0v) is 12.9. The average molecular weight is 275 g/mol. The highest BCUT2D eigenvalue weighted by Gasteiger charge is 2.20. The largest absolute Gasteiger partial charge is 0.477 e. The van der Waals surface area contributed by atoms with E-state index in [1.54, 1.807) is 0 Å². The minimum Gasteiger partial charge on any atom is -0.477 e. The number of hydrogen-bond donors (Lipinski definition) is 1. The lowest BCUT2D eigenvalue weighted by Gasteiger charge is -2.25. The van der Waals surface area contributed by atoms with Crippen molar-refractivity contribution in [2.45, 2.75) is 40.0 Å². The fraction of sp³-hybridized carbons (Fsp3) is 0.625. The predicted molar refractivity (Wildman–Crippen MR) is 82.2 cm³/mol. The Morgan fingerprint density at radius 2 is 2.05 bits per heavy atom. The summed E-state index contributed by atoms with van der Waals surface area (Å²) in [6.45, 7) is 7.09. The van der Waals surface area contributed by atoms with Crippen molar-refractivity contribution in [2.75, 3.05) is 19.0 Å². The molecule has 4 heteroatoms. The van der Waals surface area contributed by atoms with Crippen molar-refractivity contribution in [3.63, 3.8) is 0 Å². The summed E-state index contributed by atoms with van der Waals surface area (Å²) in [7, 11) is 1.88. The topological polar surface area (TPSA) is 47.0 Å². The van der Waals surface area contributed by atoms with Gasteiger partial charge in [-0.2, -0.15) is 4.98 Å². The molecule has 110 valence electrons. The van der Waals surface area contributed by atoms with Gasteiger partial charge in [-0.05, 0) is 31.6 Å². The summed E-state index contributed by atoms with van der Waals surface area (Å²) >= 11 is 0. The maximum Gasteiger partial charge on any atom is 0.221 e. The number of nitrogens with zero attached hydrogens (tertiary/aromatic N) is 2. The van der Waals surface area contributed by atoms with Crippen molar-refractivity contribution in [3.8, 4) is 5.88 Å². The van der Waals surface area contributed by atoms with E-state index in [1.165, 1.54) is 0 Å². The number of aromatic nitrogens is 2. The fourth-order valence-electron chi connectivity index (χ4n) is 2.51. The quantitative estimate of drug-likeness (QED) is 0.837. The average Bonchev–Trinajstić information content (AvgIpc) is 2.47. The first-order valence-corrected chi connectivity index (χ1v) is 7.48. The van der Waals surface area contributed by atoms with Crippen molar-refractivity contribution in [1.82, 2.24) is 9.97 Å². The molecule has 0 aromatic carbocycles. The molecule has 0 fully saturated rings. The Morgan fingerprint density at radius 1 is 1.30 bits per heavy atom. The minimum absolute atomic E-state index is 0.581. The molecule has 1 aromatic rings. The van der Waals surface area contributed by atoms with E-state index in [4.69, 9.17) is 4.74 Å². The molecule has 1 heterocycles. The van der Waals surface area contributed by atoms with Gasteiger partial charge >= 0.3 is 0 Å². The van der Waals surface area contributed by atoms with Crippen LogP contribution in [0.5, 0.6) is 5.88 Å². The molecule has 0 radical (unpaired) electrons. The number of hydrogen-bond acceptors (Lipinski definition) is 4. The maximum absolute atomic E-state index is 6.01. The molecule has 0 aliphatic heterocycles. The lowest BCUT2D eigenvalue weighted by atomic mass is 9.85. The number of ether oxygens (including phenoxy) is 1. The third kappa shape index (κ3) is 3.30. The minimum atomic E-state index is 0.581. The van der Waals surface area contributed by atoms with Crippen LogP contribution in [-0.2, 0) is 6.42 Å². The van der Waals surface area contributed by atoms with Crippen LogP contribution in [0.4, 0.5) is 5.82 Å². The molecule has 2 atom stereocenters. The first-order valence-electron chi connectivity index (χ1n) is 7.48. The van der Waals surface area contributed by atoms with Crippen LogP contribution in [0.1, 0.15) is 38.1 Å². The summed E-state index contributed by atoms with van der Waals surface area (Å²) in [5, 5.41) is 3.11. The SMILES string of the molecule is CCc1nc(NC)c(C)c(OCC2CC=CCC2C)n1. The number of allylic oxidation sites excluding steroid dienone is 2. The molecule has 0 saturated heterocycles. The van der Waals surface area contributed by atoms with Gasteiger partial charge in [0.2, 0.25) is 5.88 Å². The standard InChI is InChI=1S/C16H25N3O/c1-5-14-18-15(17-4)12(3)16(19-14)20-10-13-9-7-6-8-11(13)2/h6-7,11,13H,5,8-10H2,1-4H3,(H,17,18,19). The monoisotopic (exact) mass is 275 g/mol. The Hall–Kier alpha value is -1.58. The van der Waals surface area contributed by atoms with Gasteiger partial charge in [0.05, 0.1) is 12.2 Å². The van der Waals surface area contributed by atoms with Gasteiger partial charge in [0.1, 0.15) is 11.6 Å². The molecule has 1 aliphatic rings. The lowest BCUT2D eigenvalue weighted by Crippen LogP contribution is -2.22. The van der Waals surface area contributed by atoms with E-state index in [2.05, 4.69) is 41.3 Å². The second kappa shape index (κ2) is 6.73. The third-order valence-corrected chi connectivity index (χ3v) is 4.05. The zero-order chi connectivity index (χ0) is 14.5. The van der Waals surface area contributed by atoms with Gasteiger partial charge in [-0.25, -0.2) is 4.98 Å². The van der Waals surface area contributed by atoms with Gasteiger partial charge in [-0.3, -0.25) is 0 Å². The summed E-state index contributed by atoms with van der Waals surface area (Å²) in [6.07, 6.45) is 7.60. The first-order chi connectivity index (χ1) is 9.65. The van der Waals surface area contributed by atoms with Crippen LogP contribution in [0.15, 0.2) is 12.2 Å². The number of nitrogens with one attached hydrogen (secondary N) is 1. The Balaban J connectivity index is 2.10. The van der Waals surface area contributed by atoms with Crippen molar-refractivity contribution in [1.29, 1.82) is 0 Å². The van der Waals surface area contributed by atoms with E-state index in [-0.39, 0.29) is 0 Å². The molecule has 0 spiro atoms. The van der Waals surface area contributed by atoms with Crippen LogP contribution < -0.4 is 10.1 Å². The molecule has 0 amide bonds. The molecule has 1 aromatic heterocycles. The number of anilines is 1. The second-order valence-electron chi connectivity index (χ2n) is 5.51. The molecule has 4 nitrogen and oxygen atoms in total. The summed E-state index contributed by atoms with van der Waals surface area (Å²) in [6, 6.07) is 0. The Labute approximate surface area is 121 Å². The van der Waals surface area contributed by atoms with Gasteiger partial charge in [0, 0.05) is 13.5 Å². The van der Waals surface area contributed by atoms with Gasteiger partial charge in [-0.1, -0.05) is 26.0 Å². The van der Waals surface area contributed by atoms with E-state index in [9.17, 15) is 0 Å². The molecule has 2 rings (SSSR count). The smallest absolute Gasteiger partial charge is 0.221 e. The molecule has 20 heavy (non-hydrogen) atoms. The van der Waals surface area contributed by atoms with E-state index >= 15 is 0 Å². The van der Waals surface area contributed by atoms with Crippen molar-refractivity contribution in [2.24, 2.45) is 11.8 Å². The van der Waals surface area contributed by atoms with Crippen LogP contribution >= 0.6 is 0 Å². The van der Waals surface area contributed by atoms with Gasteiger partial charge < -0.3 is 10.1 Å². The molecular weight excluding hydrogens is 250 g/mol. The lowest BCUT2D eigenvalue weighted by molar-refractivity contribution is 0.191. The first kappa shape index (κ1) is 14.8. The predicted octanol–water partition coefficient (Wildman–Crippen LogP) is 3.37. The molecular formula is C16H25N3O. The summed E-state index contributed by atoms with van der Waals surface area (Å²) in [4.78, 5) is 8.98.